The largest absolute Gasteiger partial charge is 0.478 e. The zero-order valence-corrected chi connectivity index (χ0v) is 21.1. The summed E-state index contributed by atoms with van der Waals surface area (Å²) in [5.74, 6) is -0.811. The van der Waals surface area contributed by atoms with E-state index in [1.165, 1.54) is 12.1 Å². The zero-order valence-electron chi connectivity index (χ0n) is 21.1. The van der Waals surface area contributed by atoms with Gasteiger partial charge in [0.15, 0.2) is 5.82 Å². The van der Waals surface area contributed by atoms with Crippen molar-refractivity contribution >= 4 is 17.8 Å². The normalized spacial score (nSPS) is 16.1. The molecule has 1 aromatic heterocycles. The number of rotatable bonds is 7. The summed E-state index contributed by atoms with van der Waals surface area (Å²) in [7, 11) is 3.50. The number of nitrogens with one attached hydrogen (secondary N) is 1. The third-order valence-electron chi connectivity index (χ3n) is 7.55. The van der Waals surface area contributed by atoms with Crippen molar-refractivity contribution in [3.8, 4) is 0 Å². The van der Waals surface area contributed by atoms with E-state index in [2.05, 4.69) is 19.8 Å². The number of aromatic nitrogens is 2. The second-order valence-electron chi connectivity index (χ2n) is 10.0. The number of amides is 2. The van der Waals surface area contributed by atoms with Crippen LogP contribution in [0.15, 0.2) is 54.7 Å². The van der Waals surface area contributed by atoms with E-state index in [4.69, 9.17) is 5.11 Å². The van der Waals surface area contributed by atoms with Gasteiger partial charge in [0.2, 0.25) is 0 Å². The molecule has 2 heterocycles. The molecule has 1 aliphatic heterocycles. The molecule has 37 heavy (non-hydrogen) atoms. The Hall–Kier alpha value is -3.98. The Labute approximate surface area is 215 Å². The van der Waals surface area contributed by atoms with E-state index in [0.717, 1.165) is 49.2 Å². The maximum Gasteiger partial charge on any atom is 0.335 e. The van der Waals surface area contributed by atoms with Gasteiger partial charge in [-0.1, -0.05) is 24.3 Å². The van der Waals surface area contributed by atoms with E-state index >= 15 is 0 Å². The second-order valence-corrected chi connectivity index (χ2v) is 10.0. The molecule has 1 aliphatic carbocycles. The Morgan fingerprint density at radius 3 is 2.22 bits per heavy atom. The van der Waals surface area contributed by atoms with Crippen LogP contribution in [0.2, 0.25) is 0 Å². The summed E-state index contributed by atoms with van der Waals surface area (Å²) in [6, 6.07) is 14.3. The van der Waals surface area contributed by atoms with Crippen LogP contribution < -0.4 is 5.32 Å². The van der Waals surface area contributed by atoms with Gasteiger partial charge in [-0.2, -0.15) is 0 Å². The van der Waals surface area contributed by atoms with E-state index in [9.17, 15) is 14.4 Å². The minimum Gasteiger partial charge on any atom is -0.478 e. The van der Waals surface area contributed by atoms with Gasteiger partial charge in [-0.25, -0.2) is 9.78 Å². The fraction of sp³-hybridized carbons (Fsp3) is 0.357. The number of carbonyl (C=O) groups is 3. The third kappa shape index (κ3) is 4.62. The average Bonchev–Trinajstić information content (AvgIpc) is 3.31. The standard InChI is InChI=1S/C28H31N5O4/c1-31(2)26(35)21-8-6-20(7-9-21)18-32-14-15-33-23(28(32)12-3-13-28)17-29-24(33)25(34)30-16-19-4-10-22(11-5-19)27(36)37/h4-11,17H,3,12-16,18H2,1-2H3,(H,30,34)(H,36,37). The van der Waals surface area contributed by atoms with Gasteiger partial charge >= 0.3 is 5.97 Å². The monoisotopic (exact) mass is 501 g/mol. The molecule has 1 fully saturated rings. The Balaban J connectivity index is 1.29. The summed E-state index contributed by atoms with van der Waals surface area (Å²) >= 11 is 0. The maximum atomic E-state index is 13.0. The Morgan fingerprint density at radius 1 is 0.973 bits per heavy atom. The summed E-state index contributed by atoms with van der Waals surface area (Å²) < 4.78 is 2.05. The Kier molecular flexibility index (Phi) is 6.55. The fourth-order valence-corrected chi connectivity index (χ4v) is 5.32. The summed E-state index contributed by atoms with van der Waals surface area (Å²) in [6.07, 6.45) is 5.02. The molecule has 2 N–H and O–H groups in total. The predicted octanol–water partition coefficient (Wildman–Crippen LogP) is 3.11. The Morgan fingerprint density at radius 2 is 1.62 bits per heavy atom. The van der Waals surface area contributed by atoms with Crippen molar-refractivity contribution in [1.82, 2.24) is 24.7 Å². The van der Waals surface area contributed by atoms with Crippen molar-refractivity contribution in [3.63, 3.8) is 0 Å². The van der Waals surface area contributed by atoms with E-state index in [0.29, 0.717) is 24.5 Å². The van der Waals surface area contributed by atoms with Gasteiger partial charge in [-0.05, 0) is 54.7 Å². The molecule has 2 aromatic carbocycles. The van der Waals surface area contributed by atoms with Gasteiger partial charge in [0.25, 0.3) is 11.8 Å². The minimum atomic E-state index is -0.977. The lowest BCUT2D eigenvalue weighted by Crippen LogP contribution is -2.56. The molecule has 3 aromatic rings. The highest BCUT2D eigenvalue weighted by molar-refractivity contribution is 5.94. The van der Waals surface area contributed by atoms with E-state index < -0.39 is 5.97 Å². The van der Waals surface area contributed by atoms with Crippen LogP contribution in [-0.4, -0.2) is 62.9 Å². The van der Waals surface area contributed by atoms with E-state index in [-0.39, 0.29) is 22.9 Å². The van der Waals surface area contributed by atoms with Gasteiger partial charge < -0.3 is 19.9 Å². The fourth-order valence-electron chi connectivity index (χ4n) is 5.32. The number of carbonyl (C=O) groups excluding carboxylic acids is 2. The molecule has 1 spiro atoms. The quantitative estimate of drug-likeness (QED) is 0.515. The molecule has 9 heteroatoms. The highest BCUT2D eigenvalue weighted by Crippen LogP contribution is 2.49. The average molecular weight is 502 g/mol. The van der Waals surface area contributed by atoms with Gasteiger partial charge in [0.1, 0.15) is 0 Å². The molecule has 9 nitrogen and oxygen atoms in total. The Bertz CT molecular complexity index is 1320. The number of carboxylic acid groups (broad SMARTS) is 1. The SMILES string of the molecule is CN(C)C(=O)c1ccc(CN2CCn3c(cnc3C(=O)NCc3ccc(C(=O)O)cc3)C23CCC3)cc1. The molecule has 192 valence electrons. The van der Waals surface area contributed by atoms with Gasteiger partial charge in [0.05, 0.1) is 23.0 Å². The molecule has 0 radical (unpaired) electrons. The molecule has 2 amide bonds. The van der Waals surface area contributed by atoms with Crippen LogP contribution in [0.5, 0.6) is 0 Å². The highest BCUT2D eigenvalue weighted by Gasteiger charge is 2.48. The maximum absolute atomic E-state index is 13.0. The number of hydrogen-bond acceptors (Lipinski definition) is 5. The summed E-state index contributed by atoms with van der Waals surface area (Å²) in [4.78, 5) is 44.9. The van der Waals surface area contributed by atoms with E-state index in [1.807, 2.05) is 30.5 Å². The second kappa shape index (κ2) is 9.82. The number of fused-ring (bicyclic) bond motifs is 2. The van der Waals surface area contributed by atoms with Crippen LogP contribution in [0.1, 0.15) is 67.4 Å². The van der Waals surface area contributed by atoms with Crippen molar-refractivity contribution in [2.75, 3.05) is 20.6 Å². The predicted molar refractivity (Wildman–Crippen MR) is 137 cm³/mol. The number of hydrogen-bond donors (Lipinski definition) is 2. The minimum absolute atomic E-state index is 0.00744. The lowest BCUT2D eigenvalue weighted by molar-refractivity contribution is -0.0217. The van der Waals surface area contributed by atoms with Crippen molar-refractivity contribution < 1.29 is 19.5 Å². The van der Waals surface area contributed by atoms with Crippen molar-refractivity contribution in [1.29, 1.82) is 0 Å². The van der Waals surface area contributed by atoms with Crippen molar-refractivity contribution in [2.24, 2.45) is 0 Å². The summed E-state index contributed by atoms with van der Waals surface area (Å²) in [6.45, 7) is 2.54. The van der Waals surface area contributed by atoms with Crippen LogP contribution in [0, 0.1) is 0 Å². The molecule has 1 saturated carbocycles. The first-order valence-electron chi connectivity index (χ1n) is 12.5. The molecule has 0 unspecified atom stereocenters. The lowest BCUT2D eigenvalue weighted by Gasteiger charge is -2.53. The first kappa shape index (κ1) is 24.7. The molecule has 2 aliphatic rings. The van der Waals surface area contributed by atoms with Crippen LogP contribution in [0.3, 0.4) is 0 Å². The number of carboxylic acids is 1. The zero-order chi connectivity index (χ0) is 26.2. The van der Waals surface area contributed by atoms with Crippen LogP contribution >= 0.6 is 0 Å². The molecule has 0 bridgehead atoms. The number of nitrogens with zero attached hydrogens (tertiary/aromatic N) is 4. The highest BCUT2D eigenvalue weighted by atomic mass is 16.4. The smallest absolute Gasteiger partial charge is 0.335 e. The lowest BCUT2D eigenvalue weighted by atomic mass is 9.72. The molecular formula is C28H31N5O4. The summed E-state index contributed by atoms with van der Waals surface area (Å²) in [5, 5.41) is 12.0. The van der Waals surface area contributed by atoms with Gasteiger partial charge in [-0.15, -0.1) is 0 Å². The van der Waals surface area contributed by atoms with Crippen LogP contribution in [-0.2, 0) is 25.2 Å². The first-order chi connectivity index (χ1) is 17.8. The topological polar surface area (TPSA) is 108 Å². The van der Waals surface area contributed by atoms with Gasteiger partial charge in [-0.3, -0.25) is 14.5 Å². The molecule has 0 atom stereocenters. The first-order valence-corrected chi connectivity index (χ1v) is 12.5. The number of aromatic carboxylic acids is 1. The summed E-state index contributed by atoms with van der Waals surface area (Å²) in [5.41, 5.74) is 3.82. The third-order valence-corrected chi connectivity index (χ3v) is 7.55. The molecular weight excluding hydrogens is 470 g/mol. The van der Waals surface area contributed by atoms with Gasteiger partial charge in [0, 0.05) is 45.8 Å². The van der Waals surface area contributed by atoms with Crippen molar-refractivity contribution in [3.05, 3.63) is 88.5 Å². The number of imidazole rings is 1. The van der Waals surface area contributed by atoms with Crippen LogP contribution in [0.4, 0.5) is 0 Å². The molecule has 5 rings (SSSR count). The number of benzene rings is 2. The van der Waals surface area contributed by atoms with Crippen LogP contribution in [0.25, 0.3) is 0 Å². The van der Waals surface area contributed by atoms with Crippen molar-refractivity contribution in [2.45, 2.75) is 44.4 Å². The molecule has 0 saturated heterocycles. The van der Waals surface area contributed by atoms with E-state index in [1.54, 1.807) is 31.1 Å².